The summed E-state index contributed by atoms with van der Waals surface area (Å²) in [5.41, 5.74) is 2.86. The van der Waals surface area contributed by atoms with E-state index in [1.54, 1.807) is 11.3 Å². The van der Waals surface area contributed by atoms with Crippen molar-refractivity contribution in [2.75, 3.05) is 0 Å². The van der Waals surface area contributed by atoms with Gasteiger partial charge in [-0.15, -0.1) is 24.0 Å². The zero-order valence-corrected chi connectivity index (χ0v) is 12.7. The third-order valence-corrected chi connectivity index (χ3v) is 4.12. The minimum absolute atomic E-state index is 0.848. The Morgan fingerprint density at radius 2 is 1.85 bits per heavy atom. The van der Waals surface area contributed by atoms with E-state index in [0.29, 0.717) is 0 Å². The summed E-state index contributed by atoms with van der Waals surface area (Å²) in [6, 6.07) is 13.7. The molecule has 0 fully saturated rings. The molecular weight excluding hydrogens is 308 g/mol. The fraction of sp³-hybridized carbons (Fsp3) is 0. The molecule has 0 aliphatic carbocycles. The Kier molecular flexibility index (Phi) is 3.81. The van der Waals surface area contributed by atoms with Crippen LogP contribution >= 0.6 is 36.2 Å². The summed E-state index contributed by atoms with van der Waals surface area (Å²) in [4.78, 5) is 4.00. The molecule has 7 heteroatoms. The summed E-state index contributed by atoms with van der Waals surface area (Å²) < 4.78 is 2.08. The van der Waals surface area contributed by atoms with Crippen LogP contribution in [-0.2, 0) is 0 Å². The maximum Gasteiger partial charge on any atom is 0.159 e. The van der Waals surface area contributed by atoms with E-state index in [0.717, 1.165) is 25.4 Å². The predicted molar refractivity (Wildman–Crippen MR) is 88.2 cm³/mol. The van der Waals surface area contributed by atoms with E-state index in [2.05, 4.69) is 39.1 Å². The molecule has 4 nitrogen and oxygen atoms in total. The van der Waals surface area contributed by atoms with Crippen LogP contribution in [0.2, 0.25) is 0 Å². The van der Waals surface area contributed by atoms with Crippen LogP contribution in [0, 0.1) is 3.95 Å². The molecule has 0 saturated carbocycles. The molecule has 0 radical (unpaired) electrons. The Morgan fingerprint density at radius 3 is 2.70 bits per heavy atom. The van der Waals surface area contributed by atoms with Gasteiger partial charge < -0.3 is 4.98 Å². The summed E-state index contributed by atoms with van der Waals surface area (Å²) >= 11 is 10.7. The average molecular weight is 318 g/mol. The number of thiol groups is 1. The van der Waals surface area contributed by atoms with Crippen molar-refractivity contribution >= 4 is 57.4 Å². The summed E-state index contributed by atoms with van der Waals surface area (Å²) in [5.74, 6) is 0. The molecule has 4 rings (SSSR count). The van der Waals surface area contributed by atoms with Gasteiger partial charge in [-0.2, -0.15) is 15.4 Å². The first-order valence-corrected chi connectivity index (χ1v) is 7.47. The van der Waals surface area contributed by atoms with Crippen LogP contribution in [0.15, 0.2) is 47.4 Å². The fourth-order valence-corrected chi connectivity index (χ4v) is 3.04. The minimum atomic E-state index is 0.848. The third kappa shape index (κ3) is 2.90. The number of nitrogens with zero attached hydrogens (tertiary/aromatic N) is 2. The number of para-hydroxylation sites is 1. The van der Waals surface area contributed by atoms with Crippen LogP contribution in [0.4, 0.5) is 0 Å². The molecule has 0 spiro atoms. The Hall–Kier alpha value is -1.70. The highest BCUT2D eigenvalue weighted by molar-refractivity contribution is 7.80. The number of aromatic nitrogens is 4. The maximum atomic E-state index is 4.98. The number of rotatable bonds is 0. The van der Waals surface area contributed by atoms with Gasteiger partial charge in [0.1, 0.15) is 11.0 Å². The molecule has 2 heterocycles. The third-order valence-electron chi connectivity index (χ3n) is 2.63. The lowest BCUT2D eigenvalue weighted by molar-refractivity contribution is 0.959. The molecule has 0 bridgehead atoms. The molecule has 0 saturated heterocycles. The van der Waals surface area contributed by atoms with Crippen LogP contribution in [0.25, 0.3) is 21.3 Å². The molecule has 2 N–H and O–H groups in total. The minimum Gasteiger partial charge on any atom is -0.337 e. The highest BCUT2D eigenvalue weighted by Crippen LogP contribution is 2.17. The first-order chi connectivity index (χ1) is 9.72. The van der Waals surface area contributed by atoms with E-state index in [1.807, 2.05) is 36.4 Å². The lowest BCUT2D eigenvalue weighted by atomic mass is 10.3. The van der Waals surface area contributed by atoms with Crippen molar-refractivity contribution < 1.29 is 0 Å². The summed E-state index contributed by atoms with van der Waals surface area (Å²) in [5, 5.41) is 10.3. The summed E-state index contributed by atoms with van der Waals surface area (Å²) in [6.45, 7) is 0. The average Bonchev–Trinajstić information content (AvgIpc) is 3.03. The Labute approximate surface area is 129 Å². The number of aromatic amines is 2. The lowest BCUT2D eigenvalue weighted by Gasteiger charge is -1.86. The Morgan fingerprint density at radius 1 is 1.05 bits per heavy atom. The number of hydrogen-bond donors (Lipinski definition) is 3. The number of hydrogen-bond acceptors (Lipinski definition) is 5. The standard InChI is InChI=1S/C7H5NS2.C6H5N3S/c9-7-8-5-3-1-2-4-6(5)10-7;10-4-1-2-5-6(3-4)8-9-7-5/h1-4H,(H,8,9);1-3,10H,(H,7,8,9). The topological polar surface area (TPSA) is 57.4 Å². The number of benzene rings is 2. The fourth-order valence-electron chi connectivity index (χ4n) is 1.72. The smallest absolute Gasteiger partial charge is 0.159 e. The molecule has 2 aromatic carbocycles. The number of thiazole rings is 1. The SMILES string of the molecule is S=c1[nH]c2ccccc2s1.Sc1ccc2n[nH]nc2c1. The van der Waals surface area contributed by atoms with Crippen LogP contribution < -0.4 is 0 Å². The van der Waals surface area contributed by atoms with Crippen LogP contribution in [0.5, 0.6) is 0 Å². The van der Waals surface area contributed by atoms with Gasteiger partial charge in [0.25, 0.3) is 0 Å². The number of nitrogens with one attached hydrogen (secondary N) is 2. The Balaban J connectivity index is 0.000000121. The Bertz CT molecular complexity index is 870. The van der Waals surface area contributed by atoms with Crippen LogP contribution in [-0.4, -0.2) is 20.4 Å². The van der Waals surface area contributed by atoms with Gasteiger partial charge in [0.05, 0.1) is 10.2 Å². The van der Waals surface area contributed by atoms with Gasteiger partial charge in [-0.05, 0) is 42.5 Å². The molecule has 4 aromatic rings. The zero-order chi connectivity index (χ0) is 13.9. The van der Waals surface area contributed by atoms with Gasteiger partial charge in [-0.3, -0.25) is 0 Å². The molecule has 100 valence electrons. The molecule has 0 aliphatic rings. The van der Waals surface area contributed by atoms with Gasteiger partial charge in [0, 0.05) is 4.90 Å². The second kappa shape index (κ2) is 5.74. The summed E-state index contributed by atoms with van der Waals surface area (Å²) in [6.07, 6.45) is 0. The van der Waals surface area contributed by atoms with Crippen molar-refractivity contribution in [3.8, 4) is 0 Å². The normalized spacial score (nSPS) is 10.4. The van der Waals surface area contributed by atoms with Gasteiger partial charge in [0.15, 0.2) is 3.95 Å². The van der Waals surface area contributed by atoms with Gasteiger partial charge >= 0.3 is 0 Å². The van der Waals surface area contributed by atoms with Crippen molar-refractivity contribution in [3.63, 3.8) is 0 Å². The maximum absolute atomic E-state index is 4.98. The van der Waals surface area contributed by atoms with Crippen molar-refractivity contribution in [1.29, 1.82) is 0 Å². The van der Waals surface area contributed by atoms with Crippen LogP contribution in [0.3, 0.4) is 0 Å². The molecule has 0 aliphatic heterocycles. The monoisotopic (exact) mass is 318 g/mol. The molecule has 2 aromatic heterocycles. The second-order valence-corrected chi connectivity index (χ2v) is 6.24. The van der Waals surface area contributed by atoms with Crippen molar-refractivity contribution in [2.45, 2.75) is 4.90 Å². The molecule has 0 atom stereocenters. The first kappa shape index (κ1) is 13.3. The van der Waals surface area contributed by atoms with Crippen molar-refractivity contribution in [3.05, 3.63) is 46.4 Å². The van der Waals surface area contributed by atoms with Gasteiger partial charge in [0.2, 0.25) is 0 Å². The van der Waals surface area contributed by atoms with E-state index >= 15 is 0 Å². The van der Waals surface area contributed by atoms with Crippen LogP contribution in [0.1, 0.15) is 0 Å². The molecular formula is C13H10N4S3. The van der Waals surface area contributed by atoms with E-state index in [4.69, 9.17) is 12.2 Å². The van der Waals surface area contributed by atoms with Gasteiger partial charge in [-0.1, -0.05) is 12.1 Å². The molecule has 0 unspecified atom stereocenters. The molecule has 0 amide bonds. The molecule has 20 heavy (non-hydrogen) atoms. The van der Waals surface area contributed by atoms with E-state index < -0.39 is 0 Å². The quantitative estimate of drug-likeness (QED) is 0.336. The lowest BCUT2D eigenvalue weighted by Crippen LogP contribution is -1.68. The van der Waals surface area contributed by atoms with E-state index in [9.17, 15) is 0 Å². The van der Waals surface area contributed by atoms with Gasteiger partial charge in [-0.25, -0.2) is 0 Å². The van der Waals surface area contributed by atoms with Crippen molar-refractivity contribution in [2.24, 2.45) is 0 Å². The van der Waals surface area contributed by atoms with E-state index in [-0.39, 0.29) is 0 Å². The van der Waals surface area contributed by atoms with E-state index in [1.165, 1.54) is 4.70 Å². The highest BCUT2D eigenvalue weighted by Gasteiger charge is 1.95. The number of fused-ring (bicyclic) bond motifs is 2. The second-order valence-electron chi connectivity index (χ2n) is 4.01. The number of H-pyrrole nitrogens is 2. The zero-order valence-electron chi connectivity index (χ0n) is 10.2. The highest BCUT2D eigenvalue weighted by atomic mass is 32.1. The predicted octanol–water partition coefficient (Wildman–Crippen LogP) is 4.21. The van der Waals surface area contributed by atoms with Crippen molar-refractivity contribution in [1.82, 2.24) is 20.4 Å². The first-order valence-electron chi connectivity index (χ1n) is 5.80. The summed E-state index contributed by atoms with van der Waals surface area (Å²) in [7, 11) is 0. The largest absolute Gasteiger partial charge is 0.337 e.